The monoisotopic (exact) mass is 254 g/mol. The van der Waals surface area contributed by atoms with Crippen molar-refractivity contribution in [3.8, 4) is 16.9 Å². The van der Waals surface area contributed by atoms with Crippen molar-refractivity contribution in [1.29, 1.82) is 0 Å². The van der Waals surface area contributed by atoms with Gasteiger partial charge in [0.2, 0.25) is 0 Å². The quantitative estimate of drug-likeness (QED) is 0.830. The van der Waals surface area contributed by atoms with Gasteiger partial charge in [-0.1, -0.05) is 31.2 Å². The van der Waals surface area contributed by atoms with Crippen LogP contribution in [0.2, 0.25) is 0 Å². The van der Waals surface area contributed by atoms with Gasteiger partial charge in [-0.3, -0.25) is 4.79 Å². The molecule has 0 heterocycles. The normalized spacial score (nSPS) is 10.5. The van der Waals surface area contributed by atoms with Crippen LogP contribution in [-0.2, 0) is 0 Å². The zero-order chi connectivity index (χ0) is 14.0. The van der Waals surface area contributed by atoms with Gasteiger partial charge in [0.25, 0.3) is 0 Å². The zero-order valence-electron chi connectivity index (χ0n) is 11.5. The Labute approximate surface area is 113 Å². The Morgan fingerprint density at radius 2 is 1.68 bits per heavy atom. The number of aryl methyl sites for hydroxylation is 2. The van der Waals surface area contributed by atoms with Crippen molar-refractivity contribution in [3.63, 3.8) is 0 Å². The van der Waals surface area contributed by atoms with Gasteiger partial charge in [0.1, 0.15) is 5.75 Å². The number of carbonyl (C=O) groups is 1. The number of benzene rings is 2. The second-order valence-corrected chi connectivity index (χ2v) is 4.78. The van der Waals surface area contributed by atoms with Gasteiger partial charge in [0.15, 0.2) is 5.78 Å². The molecule has 2 rings (SSSR count). The molecule has 0 unspecified atom stereocenters. The molecule has 19 heavy (non-hydrogen) atoms. The molecule has 0 saturated carbocycles. The van der Waals surface area contributed by atoms with Gasteiger partial charge in [-0.25, -0.2) is 0 Å². The molecule has 0 bridgehead atoms. The van der Waals surface area contributed by atoms with Crippen LogP contribution >= 0.6 is 0 Å². The second-order valence-electron chi connectivity index (χ2n) is 4.78. The van der Waals surface area contributed by atoms with Crippen molar-refractivity contribution >= 4 is 5.78 Å². The summed E-state index contributed by atoms with van der Waals surface area (Å²) in [6.45, 7) is 5.61. The van der Waals surface area contributed by atoms with E-state index in [-0.39, 0.29) is 5.78 Å². The SMILES string of the molecule is CCC(=O)c1ccccc1-c1cc(C)c(O)c(C)c1. The molecule has 0 aliphatic rings. The van der Waals surface area contributed by atoms with Gasteiger partial charge in [0.05, 0.1) is 0 Å². The summed E-state index contributed by atoms with van der Waals surface area (Å²) in [5, 5.41) is 9.84. The summed E-state index contributed by atoms with van der Waals surface area (Å²) in [6, 6.07) is 11.5. The maximum Gasteiger partial charge on any atom is 0.163 e. The fourth-order valence-electron chi connectivity index (χ4n) is 2.28. The van der Waals surface area contributed by atoms with Crippen LogP contribution in [0, 0.1) is 13.8 Å². The summed E-state index contributed by atoms with van der Waals surface area (Å²) in [6.07, 6.45) is 0.493. The van der Waals surface area contributed by atoms with E-state index in [1.165, 1.54) is 0 Å². The van der Waals surface area contributed by atoms with Crippen molar-refractivity contribution in [2.75, 3.05) is 0 Å². The predicted octanol–water partition coefficient (Wildman–Crippen LogP) is 4.27. The lowest BCUT2D eigenvalue weighted by Gasteiger charge is -2.11. The van der Waals surface area contributed by atoms with Gasteiger partial charge < -0.3 is 5.11 Å². The summed E-state index contributed by atoms with van der Waals surface area (Å²) in [5.74, 6) is 0.460. The minimum atomic E-state index is 0.138. The van der Waals surface area contributed by atoms with Gasteiger partial charge >= 0.3 is 0 Å². The number of rotatable bonds is 3. The predicted molar refractivity (Wildman–Crippen MR) is 77.6 cm³/mol. The van der Waals surface area contributed by atoms with Gasteiger partial charge in [-0.2, -0.15) is 0 Å². The highest BCUT2D eigenvalue weighted by Crippen LogP contribution is 2.31. The number of Topliss-reactive ketones (excluding diaryl/α,β-unsaturated/α-hetero) is 1. The van der Waals surface area contributed by atoms with E-state index < -0.39 is 0 Å². The first kappa shape index (κ1) is 13.3. The molecule has 2 aromatic carbocycles. The number of phenolic OH excluding ortho intramolecular Hbond substituents is 1. The highest BCUT2D eigenvalue weighted by molar-refractivity contribution is 6.02. The van der Waals surface area contributed by atoms with Crippen LogP contribution < -0.4 is 0 Å². The zero-order valence-corrected chi connectivity index (χ0v) is 11.5. The van der Waals surface area contributed by atoms with Crippen molar-refractivity contribution in [2.45, 2.75) is 27.2 Å². The van der Waals surface area contributed by atoms with Crippen LogP contribution in [0.25, 0.3) is 11.1 Å². The molecule has 1 N–H and O–H groups in total. The fourth-order valence-corrected chi connectivity index (χ4v) is 2.28. The smallest absolute Gasteiger partial charge is 0.163 e. The molecule has 98 valence electrons. The first-order chi connectivity index (χ1) is 9.04. The van der Waals surface area contributed by atoms with Crippen molar-refractivity contribution in [1.82, 2.24) is 0 Å². The van der Waals surface area contributed by atoms with E-state index in [2.05, 4.69) is 0 Å². The Kier molecular flexibility index (Phi) is 3.70. The van der Waals surface area contributed by atoms with Crippen LogP contribution in [0.5, 0.6) is 5.75 Å². The Morgan fingerprint density at radius 3 is 2.26 bits per heavy atom. The molecule has 0 aromatic heterocycles. The maximum atomic E-state index is 12.0. The molecule has 0 saturated heterocycles. The van der Waals surface area contributed by atoms with Crippen molar-refractivity contribution < 1.29 is 9.90 Å². The Hall–Kier alpha value is -2.09. The number of hydrogen-bond donors (Lipinski definition) is 1. The molecule has 2 heteroatoms. The number of phenols is 1. The van der Waals surface area contributed by atoms with E-state index in [4.69, 9.17) is 0 Å². The molecule has 0 fully saturated rings. The lowest BCUT2D eigenvalue weighted by Crippen LogP contribution is -1.99. The summed E-state index contributed by atoms with van der Waals surface area (Å²) in [4.78, 5) is 12.0. The van der Waals surface area contributed by atoms with E-state index in [9.17, 15) is 9.90 Å². The molecule has 0 amide bonds. The summed E-state index contributed by atoms with van der Waals surface area (Å²) in [5.41, 5.74) is 4.31. The molecule has 0 aliphatic carbocycles. The Morgan fingerprint density at radius 1 is 1.11 bits per heavy atom. The molecule has 0 aliphatic heterocycles. The molecule has 0 atom stereocenters. The number of aromatic hydroxyl groups is 1. The van der Waals surface area contributed by atoms with E-state index in [1.54, 1.807) is 0 Å². The van der Waals surface area contributed by atoms with Gasteiger partial charge in [-0.05, 0) is 48.2 Å². The second kappa shape index (κ2) is 5.27. The third-order valence-corrected chi connectivity index (χ3v) is 3.35. The summed E-state index contributed by atoms with van der Waals surface area (Å²) < 4.78 is 0. The highest BCUT2D eigenvalue weighted by Gasteiger charge is 2.12. The lowest BCUT2D eigenvalue weighted by atomic mass is 9.93. The maximum absolute atomic E-state index is 12.0. The van der Waals surface area contributed by atoms with Gasteiger partial charge in [0, 0.05) is 12.0 Å². The Bertz CT molecular complexity index is 604. The van der Waals surface area contributed by atoms with Crippen LogP contribution in [0.3, 0.4) is 0 Å². The molecule has 0 spiro atoms. The average molecular weight is 254 g/mol. The minimum absolute atomic E-state index is 0.138. The van der Waals surface area contributed by atoms with E-state index in [0.717, 1.165) is 27.8 Å². The molecule has 0 radical (unpaired) electrons. The Balaban J connectivity index is 2.63. The summed E-state index contributed by atoms with van der Waals surface area (Å²) >= 11 is 0. The summed E-state index contributed by atoms with van der Waals surface area (Å²) in [7, 11) is 0. The van der Waals surface area contributed by atoms with Gasteiger partial charge in [-0.15, -0.1) is 0 Å². The minimum Gasteiger partial charge on any atom is -0.507 e. The van der Waals surface area contributed by atoms with Crippen LogP contribution in [-0.4, -0.2) is 10.9 Å². The van der Waals surface area contributed by atoms with Crippen LogP contribution in [0.4, 0.5) is 0 Å². The number of carbonyl (C=O) groups excluding carboxylic acids is 1. The molecule has 2 nitrogen and oxygen atoms in total. The first-order valence-corrected chi connectivity index (χ1v) is 6.47. The topological polar surface area (TPSA) is 37.3 Å². The van der Waals surface area contributed by atoms with Crippen molar-refractivity contribution in [2.24, 2.45) is 0 Å². The number of hydrogen-bond acceptors (Lipinski definition) is 2. The highest BCUT2D eigenvalue weighted by atomic mass is 16.3. The molecule has 2 aromatic rings. The fraction of sp³-hybridized carbons (Fsp3) is 0.235. The third kappa shape index (κ3) is 2.53. The van der Waals surface area contributed by atoms with Crippen LogP contribution in [0.15, 0.2) is 36.4 Å². The third-order valence-electron chi connectivity index (χ3n) is 3.35. The lowest BCUT2D eigenvalue weighted by molar-refractivity contribution is 0.0989. The van der Waals surface area contributed by atoms with E-state index >= 15 is 0 Å². The number of ketones is 1. The molecular weight excluding hydrogens is 236 g/mol. The van der Waals surface area contributed by atoms with Crippen molar-refractivity contribution in [3.05, 3.63) is 53.1 Å². The largest absolute Gasteiger partial charge is 0.507 e. The van der Waals surface area contributed by atoms with E-state index in [0.29, 0.717) is 12.2 Å². The van der Waals surface area contributed by atoms with Crippen LogP contribution in [0.1, 0.15) is 34.8 Å². The standard InChI is InChI=1S/C17H18O2/c1-4-16(18)15-8-6-5-7-14(15)13-9-11(2)17(19)12(3)10-13/h5-10,19H,4H2,1-3H3. The first-order valence-electron chi connectivity index (χ1n) is 6.47. The van der Waals surface area contributed by atoms with E-state index in [1.807, 2.05) is 57.2 Å². The average Bonchev–Trinajstić information content (AvgIpc) is 2.43. The molecular formula is C17H18O2.